The molecule has 0 aliphatic carbocycles. The molecule has 0 aromatic carbocycles. The topological polar surface area (TPSA) is 67.3 Å². The molecule has 2 rings (SSSR count). The number of halogens is 1. The number of hydrogen-bond acceptors (Lipinski definition) is 5. The van der Waals surface area contributed by atoms with Crippen molar-refractivity contribution in [3.63, 3.8) is 0 Å². The molecular weight excluding hydrogens is 280 g/mol. The zero-order chi connectivity index (χ0) is 14.8. The van der Waals surface area contributed by atoms with Gasteiger partial charge in [-0.2, -0.15) is 0 Å². The molecule has 110 valence electrons. The van der Waals surface area contributed by atoms with Crippen LogP contribution in [0.5, 0.6) is 0 Å². The first-order valence-electron chi connectivity index (χ1n) is 6.54. The normalized spacial score (nSPS) is 19.8. The monoisotopic (exact) mass is 298 g/mol. The van der Waals surface area contributed by atoms with E-state index in [0.29, 0.717) is 23.9 Å². The Kier molecular flexibility index (Phi) is 4.45. The summed E-state index contributed by atoms with van der Waals surface area (Å²) in [6.07, 6.45) is 2.75. The number of hydrogen-bond donors (Lipinski definition) is 1. The molecule has 0 saturated carbocycles. The smallest absolute Gasteiger partial charge is 0.410 e. The molecule has 20 heavy (non-hydrogen) atoms. The number of carbonyl (C=O) groups is 1. The number of carbonyl (C=O) groups excluding carboxylic acids is 1. The first kappa shape index (κ1) is 15.0. The van der Waals surface area contributed by atoms with Gasteiger partial charge < -0.3 is 10.1 Å². The lowest BCUT2D eigenvalue weighted by Crippen LogP contribution is -2.50. The van der Waals surface area contributed by atoms with Crippen LogP contribution in [0.1, 0.15) is 32.5 Å². The van der Waals surface area contributed by atoms with Crippen molar-refractivity contribution in [1.82, 2.24) is 20.2 Å². The van der Waals surface area contributed by atoms with Crippen molar-refractivity contribution < 1.29 is 9.53 Å². The Morgan fingerprint density at radius 1 is 1.45 bits per heavy atom. The summed E-state index contributed by atoms with van der Waals surface area (Å²) < 4.78 is 5.44. The zero-order valence-corrected chi connectivity index (χ0v) is 12.6. The molecule has 0 bridgehead atoms. The molecule has 0 radical (unpaired) electrons. The Labute approximate surface area is 123 Å². The van der Waals surface area contributed by atoms with Crippen LogP contribution in [0.2, 0.25) is 5.15 Å². The van der Waals surface area contributed by atoms with Gasteiger partial charge in [0.15, 0.2) is 0 Å². The van der Waals surface area contributed by atoms with Crippen LogP contribution in [0.4, 0.5) is 4.79 Å². The van der Waals surface area contributed by atoms with E-state index in [9.17, 15) is 4.79 Å². The van der Waals surface area contributed by atoms with Crippen molar-refractivity contribution in [2.75, 3.05) is 19.6 Å². The maximum atomic E-state index is 12.3. The lowest BCUT2D eigenvalue weighted by Gasteiger charge is -2.36. The molecule has 2 heterocycles. The largest absolute Gasteiger partial charge is 0.444 e. The highest BCUT2D eigenvalue weighted by atomic mass is 35.5. The van der Waals surface area contributed by atoms with Crippen LogP contribution < -0.4 is 5.32 Å². The van der Waals surface area contributed by atoms with Crippen molar-refractivity contribution in [3.8, 4) is 0 Å². The highest BCUT2D eigenvalue weighted by Gasteiger charge is 2.32. The van der Waals surface area contributed by atoms with Crippen LogP contribution in [-0.4, -0.2) is 46.2 Å². The molecular formula is C13H19ClN4O2. The van der Waals surface area contributed by atoms with Gasteiger partial charge in [0.1, 0.15) is 10.8 Å². The second-order valence-electron chi connectivity index (χ2n) is 5.66. The first-order chi connectivity index (χ1) is 9.37. The maximum Gasteiger partial charge on any atom is 0.410 e. The van der Waals surface area contributed by atoms with Gasteiger partial charge in [0.05, 0.1) is 24.1 Å². The van der Waals surface area contributed by atoms with E-state index in [1.807, 2.05) is 20.8 Å². The third-order valence-corrected chi connectivity index (χ3v) is 3.05. The van der Waals surface area contributed by atoms with E-state index in [2.05, 4.69) is 15.3 Å². The molecule has 1 N–H and O–H groups in total. The highest BCUT2D eigenvalue weighted by Crippen LogP contribution is 2.23. The second-order valence-corrected chi connectivity index (χ2v) is 6.04. The van der Waals surface area contributed by atoms with E-state index in [4.69, 9.17) is 16.3 Å². The number of rotatable bonds is 1. The van der Waals surface area contributed by atoms with E-state index < -0.39 is 5.60 Å². The first-order valence-corrected chi connectivity index (χ1v) is 6.92. The molecule has 7 heteroatoms. The van der Waals surface area contributed by atoms with Crippen molar-refractivity contribution in [2.45, 2.75) is 32.4 Å². The van der Waals surface area contributed by atoms with Crippen LogP contribution >= 0.6 is 11.6 Å². The minimum atomic E-state index is -0.516. The summed E-state index contributed by atoms with van der Waals surface area (Å²) in [5, 5.41) is 3.58. The van der Waals surface area contributed by atoms with Crippen LogP contribution in [0.15, 0.2) is 12.4 Å². The summed E-state index contributed by atoms with van der Waals surface area (Å²) in [6.45, 7) is 7.48. The van der Waals surface area contributed by atoms with Gasteiger partial charge in [0, 0.05) is 19.6 Å². The van der Waals surface area contributed by atoms with Crippen LogP contribution in [0, 0.1) is 0 Å². The molecule has 1 fully saturated rings. The minimum Gasteiger partial charge on any atom is -0.444 e. The summed E-state index contributed by atoms with van der Waals surface area (Å²) in [4.78, 5) is 22.2. The van der Waals surface area contributed by atoms with Gasteiger partial charge in [0.2, 0.25) is 0 Å². The summed E-state index contributed by atoms with van der Waals surface area (Å²) in [7, 11) is 0. The van der Waals surface area contributed by atoms with E-state index in [0.717, 1.165) is 6.54 Å². The van der Waals surface area contributed by atoms with E-state index in [-0.39, 0.29) is 12.1 Å². The fourth-order valence-corrected chi connectivity index (χ4v) is 2.10. The third-order valence-electron chi connectivity index (χ3n) is 2.85. The van der Waals surface area contributed by atoms with Gasteiger partial charge in [-0.15, -0.1) is 0 Å². The average molecular weight is 299 g/mol. The van der Waals surface area contributed by atoms with Crippen LogP contribution in [0.3, 0.4) is 0 Å². The Morgan fingerprint density at radius 3 is 2.80 bits per heavy atom. The minimum absolute atomic E-state index is 0.191. The average Bonchev–Trinajstić information content (AvgIpc) is 2.38. The zero-order valence-electron chi connectivity index (χ0n) is 11.9. The lowest BCUT2D eigenvalue weighted by molar-refractivity contribution is 0.0113. The SMILES string of the molecule is CC(C)(C)OC(=O)N1CCNCC1c1cnc(Cl)cn1. The number of ether oxygens (including phenoxy) is 1. The van der Waals surface area contributed by atoms with E-state index in [1.54, 1.807) is 11.1 Å². The van der Waals surface area contributed by atoms with Crippen molar-refractivity contribution in [1.29, 1.82) is 0 Å². The Morgan fingerprint density at radius 2 is 2.20 bits per heavy atom. The lowest BCUT2D eigenvalue weighted by atomic mass is 10.1. The molecule has 1 aromatic rings. The molecule has 1 atom stereocenters. The van der Waals surface area contributed by atoms with Gasteiger partial charge in [-0.05, 0) is 20.8 Å². The fourth-order valence-electron chi connectivity index (χ4n) is 2.00. The Hall–Kier alpha value is -1.40. The quantitative estimate of drug-likeness (QED) is 0.859. The molecule has 1 unspecified atom stereocenters. The Balaban J connectivity index is 2.16. The second kappa shape index (κ2) is 5.93. The van der Waals surface area contributed by atoms with Crippen molar-refractivity contribution in [3.05, 3.63) is 23.2 Å². The van der Waals surface area contributed by atoms with E-state index in [1.165, 1.54) is 6.20 Å². The molecule has 1 aliphatic rings. The van der Waals surface area contributed by atoms with Crippen molar-refractivity contribution in [2.24, 2.45) is 0 Å². The highest BCUT2D eigenvalue weighted by molar-refractivity contribution is 6.29. The molecule has 6 nitrogen and oxygen atoms in total. The number of nitrogens with one attached hydrogen (secondary N) is 1. The van der Waals surface area contributed by atoms with Gasteiger partial charge in [0.25, 0.3) is 0 Å². The summed E-state index contributed by atoms with van der Waals surface area (Å²) in [6, 6.07) is -0.191. The molecule has 1 aromatic heterocycles. The number of piperazine rings is 1. The molecule has 0 spiro atoms. The Bertz CT molecular complexity index is 472. The van der Waals surface area contributed by atoms with Gasteiger partial charge in [-0.25, -0.2) is 9.78 Å². The summed E-state index contributed by atoms with van der Waals surface area (Å²) >= 11 is 5.74. The number of amides is 1. The third kappa shape index (κ3) is 3.80. The molecule has 1 amide bonds. The van der Waals surface area contributed by atoms with Crippen LogP contribution in [-0.2, 0) is 4.74 Å². The fraction of sp³-hybridized carbons (Fsp3) is 0.615. The standard InChI is InChI=1S/C13H19ClN4O2/c1-13(2,3)20-12(19)18-5-4-15-7-10(18)9-6-17-11(14)8-16-9/h6,8,10,15H,4-5,7H2,1-3H3. The van der Waals surface area contributed by atoms with Gasteiger partial charge in [-0.1, -0.05) is 11.6 Å². The van der Waals surface area contributed by atoms with Gasteiger partial charge >= 0.3 is 6.09 Å². The predicted octanol–water partition coefficient (Wildman–Crippen LogP) is 2.01. The predicted molar refractivity (Wildman–Crippen MR) is 75.6 cm³/mol. The summed E-state index contributed by atoms with van der Waals surface area (Å²) in [5.74, 6) is 0. The van der Waals surface area contributed by atoms with Crippen molar-refractivity contribution >= 4 is 17.7 Å². The summed E-state index contributed by atoms with van der Waals surface area (Å²) in [5.41, 5.74) is 0.186. The van der Waals surface area contributed by atoms with E-state index >= 15 is 0 Å². The maximum absolute atomic E-state index is 12.3. The molecule has 1 aliphatic heterocycles. The molecule has 1 saturated heterocycles. The number of aromatic nitrogens is 2. The van der Waals surface area contributed by atoms with Gasteiger partial charge in [-0.3, -0.25) is 9.88 Å². The van der Waals surface area contributed by atoms with Crippen LogP contribution in [0.25, 0.3) is 0 Å². The number of nitrogens with zero attached hydrogens (tertiary/aromatic N) is 3.